The molecule has 3 aromatic carbocycles. The van der Waals surface area contributed by atoms with Gasteiger partial charge in [-0.05, 0) is 67.8 Å². The molecule has 0 atom stereocenters. The molecule has 0 N–H and O–H groups in total. The molecule has 2 fully saturated rings. The molecule has 0 bridgehead atoms. The van der Waals surface area contributed by atoms with Crippen LogP contribution >= 0.6 is 0 Å². The van der Waals surface area contributed by atoms with E-state index in [2.05, 4.69) is 18.7 Å². The minimum atomic E-state index is -4.39. The van der Waals surface area contributed by atoms with Gasteiger partial charge >= 0.3 is 6.18 Å². The fourth-order valence-electron chi connectivity index (χ4n) is 4.79. The Labute approximate surface area is 190 Å². The van der Waals surface area contributed by atoms with Gasteiger partial charge in [-0.15, -0.1) is 0 Å². The number of hydrogen-bond donors (Lipinski definition) is 0. The van der Waals surface area contributed by atoms with Crippen LogP contribution in [0.2, 0.25) is 0 Å². The highest BCUT2D eigenvalue weighted by atomic mass is 19.4. The lowest BCUT2D eigenvalue weighted by Gasteiger charge is -2.61. The van der Waals surface area contributed by atoms with Crippen LogP contribution < -0.4 is 4.74 Å². The van der Waals surface area contributed by atoms with Crippen LogP contribution in [0.25, 0.3) is 10.8 Å². The van der Waals surface area contributed by atoms with Gasteiger partial charge in [0.05, 0.1) is 5.56 Å². The van der Waals surface area contributed by atoms with Crippen LogP contribution in [0.3, 0.4) is 0 Å². The van der Waals surface area contributed by atoms with E-state index in [9.17, 15) is 18.0 Å². The van der Waals surface area contributed by atoms with Gasteiger partial charge < -0.3 is 9.64 Å². The molecular weight excluding hydrogens is 429 g/mol. The van der Waals surface area contributed by atoms with E-state index in [0.717, 1.165) is 49.1 Å². The van der Waals surface area contributed by atoms with Gasteiger partial charge in [-0.1, -0.05) is 12.1 Å². The van der Waals surface area contributed by atoms with Crippen molar-refractivity contribution in [2.24, 2.45) is 5.41 Å². The highest BCUT2D eigenvalue weighted by Gasteiger charge is 2.53. The molecule has 2 aliphatic rings. The SMILES string of the molecule is CC(C)N1CC2(CN(C(=O)c3ccc4c(Oc5ccc(C(F)(F)F)cc5)cccc4c3)C2)C1. The number of fused-ring (bicyclic) bond motifs is 1. The standard InChI is InChI=1S/C26H25F3N2O2/c1-17(2)30-13-25(14-30)15-31(16-25)24(32)19-6-11-22-18(12-19)4-3-5-23(22)33-21-9-7-20(8-10-21)26(27,28)29/h3-12,17H,13-16H2,1-2H3. The van der Waals surface area contributed by atoms with Crippen molar-refractivity contribution in [2.75, 3.05) is 26.2 Å². The second-order valence-electron chi connectivity index (χ2n) is 9.48. The predicted octanol–water partition coefficient (Wildman–Crippen LogP) is 5.82. The summed E-state index contributed by atoms with van der Waals surface area (Å²) in [6.07, 6.45) is -4.39. The summed E-state index contributed by atoms with van der Waals surface area (Å²) >= 11 is 0. The second-order valence-corrected chi connectivity index (χ2v) is 9.48. The number of alkyl halides is 3. The van der Waals surface area contributed by atoms with Crippen molar-refractivity contribution in [1.29, 1.82) is 0 Å². The van der Waals surface area contributed by atoms with E-state index in [1.807, 2.05) is 29.2 Å². The molecule has 0 aliphatic carbocycles. The Morgan fingerprint density at radius 1 is 0.970 bits per heavy atom. The number of carbonyl (C=O) groups excluding carboxylic acids is 1. The first-order chi connectivity index (χ1) is 15.6. The Bertz CT molecular complexity index is 1190. The van der Waals surface area contributed by atoms with Gasteiger partial charge in [-0.2, -0.15) is 13.2 Å². The summed E-state index contributed by atoms with van der Waals surface area (Å²) in [4.78, 5) is 17.3. The quantitative estimate of drug-likeness (QED) is 0.498. The summed E-state index contributed by atoms with van der Waals surface area (Å²) in [5.41, 5.74) is 0.172. The molecule has 4 nitrogen and oxygen atoms in total. The second kappa shape index (κ2) is 7.76. The Hall–Kier alpha value is -3.06. The molecular formula is C26H25F3N2O2. The summed E-state index contributed by atoms with van der Waals surface area (Å²) in [7, 11) is 0. The molecule has 1 amide bonds. The Balaban J connectivity index is 1.29. The molecule has 2 saturated heterocycles. The molecule has 0 radical (unpaired) electrons. The average molecular weight is 454 g/mol. The molecule has 0 saturated carbocycles. The molecule has 0 aromatic heterocycles. The fourth-order valence-corrected chi connectivity index (χ4v) is 4.79. The van der Waals surface area contributed by atoms with E-state index >= 15 is 0 Å². The number of ether oxygens (including phenoxy) is 1. The zero-order valence-electron chi connectivity index (χ0n) is 18.5. The van der Waals surface area contributed by atoms with Crippen molar-refractivity contribution in [3.8, 4) is 11.5 Å². The zero-order valence-corrected chi connectivity index (χ0v) is 18.5. The lowest BCUT2D eigenvalue weighted by atomic mass is 9.72. The van der Waals surface area contributed by atoms with Crippen LogP contribution in [0.15, 0.2) is 60.7 Å². The first kappa shape index (κ1) is 21.8. The van der Waals surface area contributed by atoms with Crippen molar-refractivity contribution in [3.63, 3.8) is 0 Å². The summed E-state index contributed by atoms with van der Waals surface area (Å²) in [5.74, 6) is 0.870. The van der Waals surface area contributed by atoms with Crippen LogP contribution in [0.4, 0.5) is 13.2 Å². The lowest BCUT2D eigenvalue weighted by molar-refractivity contribution is -0.137. The molecule has 3 aromatic rings. The lowest BCUT2D eigenvalue weighted by Crippen LogP contribution is -2.73. The summed E-state index contributed by atoms with van der Waals surface area (Å²) in [5, 5.41) is 1.63. The third-order valence-corrected chi connectivity index (χ3v) is 6.64. The Morgan fingerprint density at radius 3 is 2.30 bits per heavy atom. The van der Waals surface area contributed by atoms with Gasteiger partial charge in [0.15, 0.2) is 0 Å². The molecule has 1 spiro atoms. The summed E-state index contributed by atoms with van der Waals surface area (Å²) in [6.45, 7) is 8.08. The molecule has 2 heterocycles. The zero-order chi connectivity index (χ0) is 23.4. The number of amides is 1. The van der Waals surface area contributed by atoms with E-state index in [0.29, 0.717) is 23.1 Å². The van der Waals surface area contributed by atoms with Gasteiger partial charge in [-0.3, -0.25) is 9.69 Å². The van der Waals surface area contributed by atoms with Crippen LogP contribution in [0.1, 0.15) is 29.8 Å². The number of benzene rings is 3. The van der Waals surface area contributed by atoms with E-state index in [-0.39, 0.29) is 11.3 Å². The van der Waals surface area contributed by atoms with Crippen LogP contribution in [-0.4, -0.2) is 47.9 Å². The maximum Gasteiger partial charge on any atom is 0.416 e. The maximum atomic E-state index is 13.0. The smallest absolute Gasteiger partial charge is 0.416 e. The van der Waals surface area contributed by atoms with Crippen molar-refractivity contribution < 1.29 is 22.7 Å². The van der Waals surface area contributed by atoms with Gasteiger partial charge in [0.1, 0.15) is 11.5 Å². The third-order valence-electron chi connectivity index (χ3n) is 6.64. The topological polar surface area (TPSA) is 32.8 Å². The van der Waals surface area contributed by atoms with Gasteiger partial charge in [0, 0.05) is 48.6 Å². The Kier molecular flexibility index (Phi) is 5.12. The predicted molar refractivity (Wildman–Crippen MR) is 121 cm³/mol. The third kappa shape index (κ3) is 4.06. The number of carbonyl (C=O) groups is 1. The van der Waals surface area contributed by atoms with E-state index in [1.54, 1.807) is 12.1 Å². The van der Waals surface area contributed by atoms with E-state index in [4.69, 9.17) is 4.74 Å². The number of nitrogens with zero attached hydrogens (tertiary/aromatic N) is 2. The average Bonchev–Trinajstić information content (AvgIpc) is 2.71. The van der Waals surface area contributed by atoms with Crippen LogP contribution in [0, 0.1) is 5.41 Å². The summed E-state index contributed by atoms with van der Waals surface area (Å²) < 4.78 is 44.2. The highest BCUT2D eigenvalue weighted by molar-refractivity contribution is 6.00. The number of likely N-dealkylation sites (tertiary alicyclic amines) is 2. The largest absolute Gasteiger partial charge is 0.457 e. The van der Waals surface area contributed by atoms with Crippen molar-refractivity contribution in [1.82, 2.24) is 9.80 Å². The fraction of sp³-hybridized carbons (Fsp3) is 0.346. The molecule has 0 unspecified atom stereocenters. The summed E-state index contributed by atoms with van der Waals surface area (Å²) in [6, 6.07) is 16.1. The van der Waals surface area contributed by atoms with Gasteiger partial charge in [0.2, 0.25) is 0 Å². The van der Waals surface area contributed by atoms with Crippen molar-refractivity contribution >= 4 is 16.7 Å². The highest BCUT2D eigenvalue weighted by Crippen LogP contribution is 2.41. The molecule has 172 valence electrons. The van der Waals surface area contributed by atoms with Gasteiger partial charge in [-0.25, -0.2) is 0 Å². The molecule has 5 rings (SSSR count). The minimum absolute atomic E-state index is 0.0274. The van der Waals surface area contributed by atoms with Gasteiger partial charge in [0.25, 0.3) is 5.91 Å². The number of hydrogen-bond acceptors (Lipinski definition) is 3. The first-order valence-corrected chi connectivity index (χ1v) is 11.0. The monoisotopic (exact) mass is 454 g/mol. The van der Waals surface area contributed by atoms with Crippen molar-refractivity contribution in [2.45, 2.75) is 26.1 Å². The Morgan fingerprint density at radius 2 is 1.67 bits per heavy atom. The number of rotatable bonds is 4. The van der Waals surface area contributed by atoms with E-state index < -0.39 is 11.7 Å². The van der Waals surface area contributed by atoms with Crippen LogP contribution in [-0.2, 0) is 6.18 Å². The molecule has 7 heteroatoms. The first-order valence-electron chi connectivity index (χ1n) is 11.0. The molecule has 33 heavy (non-hydrogen) atoms. The van der Waals surface area contributed by atoms with Crippen LogP contribution in [0.5, 0.6) is 11.5 Å². The maximum absolute atomic E-state index is 13.0. The minimum Gasteiger partial charge on any atom is -0.457 e. The molecule has 2 aliphatic heterocycles. The van der Waals surface area contributed by atoms with E-state index in [1.165, 1.54) is 12.1 Å². The van der Waals surface area contributed by atoms with Crippen molar-refractivity contribution in [3.05, 3.63) is 71.8 Å². The normalized spacial score (nSPS) is 17.8. The number of halogens is 3.